The summed E-state index contributed by atoms with van der Waals surface area (Å²) in [5.41, 5.74) is 0.703. The number of aromatic nitrogens is 2. The van der Waals surface area contributed by atoms with Crippen molar-refractivity contribution >= 4 is 44.8 Å². The second-order valence-electron chi connectivity index (χ2n) is 4.24. The Bertz CT molecular complexity index is 744. The topological polar surface area (TPSA) is 90.1 Å². The Morgan fingerprint density at radius 3 is 2.71 bits per heavy atom. The highest BCUT2D eigenvalue weighted by Crippen LogP contribution is 2.29. The Balaban J connectivity index is 2.36. The van der Waals surface area contributed by atoms with Gasteiger partial charge in [0.15, 0.2) is 5.69 Å². The Labute approximate surface area is 133 Å². The molecule has 0 aliphatic heterocycles. The van der Waals surface area contributed by atoms with E-state index in [0.717, 1.165) is 5.69 Å². The van der Waals surface area contributed by atoms with E-state index >= 15 is 0 Å². The Kier molecular flexibility index (Phi) is 4.29. The zero-order chi connectivity index (χ0) is 15.7. The number of carbonyl (C=O) groups is 1. The van der Waals surface area contributed by atoms with Crippen LogP contribution in [0.2, 0.25) is 5.02 Å². The second kappa shape index (κ2) is 5.82. The van der Waals surface area contributed by atoms with Gasteiger partial charge in [-0.25, -0.2) is 0 Å². The third-order valence-electron chi connectivity index (χ3n) is 2.88. The van der Waals surface area contributed by atoms with Crippen LogP contribution in [0.15, 0.2) is 22.7 Å². The molecule has 1 heterocycles. The first-order chi connectivity index (χ1) is 9.81. The summed E-state index contributed by atoms with van der Waals surface area (Å²) in [6.45, 7) is 1.79. The zero-order valence-corrected chi connectivity index (χ0v) is 13.4. The lowest BCUT2D eigenvalue weighted by Crippen LogP contribution is -2.14. The number of nitro groups is 1. The highest BCUT2D eigenvalue weighted by molar-refractivity contribution is 9.10. The minimum atomic E-state index is -0.611. The van der Waals surface area contributed by atoms with Crippen LogP contribution in [-0.2, 0) is 7.05 Å². The van der Waals surface area contributed by atoms with Crippen molar-refractivity contribution in [1.29, 1.82) is 0 Å². The van der Waals surface area contributed by atoms with E-state index in [1.807, 2.05) is 0 Å². The third-order valence-corrected chi connectivity index (χ3v) is 4.07. The van der Waals surface area contributed by atoms with E-state index in [-0.39, 0.29) is 22.1 Å². The smallest absolute Gasteiger partial charge is 0.294 e. The predicted octanol–water partition coefficient (Wildman–Crippen LogP) is 3.30. The summed E-state index contributed by atoms with van der Waals surface area (Å²) in [4.78, 5) is 22.6. The van der Waals surface area contributed by atoms with E-state index < -0.39 is 10.8 Å². The highest BCUT2D eigenvalue weighted by atomic mass is 79.9. The van der Waals surface area contributed by atoms with Gasteiger partial charge in [-0.2, -0.15) is 5.10 Å². The van der Waals surface area contributed by atoms with Crippen molar-refractivity contribution in [2.45, 2.75) is 6.92 Å². The number of halogens is 2. The van der Waals surface area contributed by atoms with Gasteiger partial charge in [-0.1, -0.05) is 11.6 Å². The molecule has 0 aliphatic carbocycles. The van der Waals surface area contributed by atoms with Crippen molar-refractivity contribution in [3.05, 3.63) is 49.2 Å². The maximum atomic E-state index is 12.2. The number of aryl methyl sites for hydroxylation is 1. The standard InChI is InChI=1S/C12H10BrClN4O3/c1-6-10(13)11(16-17(6)2)12(19)15-8-4-3-7(14)5-9(8)18(20)21/h3-5H,1-2H3,(H,15,19). The first-order valence-electron chi connectivity index (χ1n) is 5.75. The average Bonchev–Trinajstić information content (AvgIpc) is 2.68. The lowest BCUT2D eigenvalue weighted by molar-refractivity contribution is -0.383. The van der Waals surface area contributed by atoms with Crippen LogP contribution >= 0.6 is 27.5 Å². The van der Waals surface area contributed by atoms with Gasteiger partial charge in [0.25, 0.3) is 11.6 Å². The number of nitrogens with zero attached hydrogens (tertiary/aromatic N) is 3. The van der Waals surface area contributed by atoms with Crippen molar-refractivity contribution in [1.82, 2.24) is 9.78 Å². The molecule has 2 rings (SSSR count). The lowest BCUT2D eigenvalue weighted by Gasteiger charge is -2.05. The molecule has 0 spiro atoms. The molecule has 0 aliphatic rings. The summed E-state index contributed by atoms with van der Waals surface area (Å²) in [5, 5.41) is 17.7. The van der Waals surface area contributed by atoms with Gasteiger partial charge in [-0.05, 0) is 35.0 Å². The Morgan fingerprint density at radius 1 is 1.52 bits per heavy atom. The summed E-state index contributed by atoms with van der Waals surface area (Å²) in [6, 6.07) is 4.01. The van der Waals surface area contributed by atoms with Crippen LogP contribution in [0.5, 0.6) is 0 Å². The number of carbonyl (C=O) groups excluding carboxylic acids is 1. The molecule has 0 atom stereocenters. The van der Waals surface area contributed by atoms with Crippen molar-refractivity contribution < 1.29 is 9.72 Å². The number of rotatable bonds is 3. The van der Waals surface area contributed by atoms with Crippen molar-refractivity contribution in [3.63, 3.8) is 0 Å². The molecular weight excluding hydrogens is 364 g/mol. The lowest BCUT2D eigenvalue weighted by atomic mass is 10.2. The molecule has 0 saturated carbocycles. The van der Waals surface area contributed by atoms with Gasteiger partial charge in [0, 0.05) is 18.1 Å². The maximum Gasteiger partial charge on any atom is 0.294 e. The molecule has 0 unspecified atom stereocenters. The highest BCUT2D eigenvalue weighted by Gasteiger charge is 2.21. The summed E-state index contributed by atoms with van der Waals surface area (Å²) in [6.07, 6.45) is 0. The van der Waals surface area contributed by atoms with Crippen LogP contribution in [0, 0.1) is 17.0 Å². The number of nitrogens with one attached hydrogen (secondary N) is 1. The third kappa shape index (κ3) is 3.06. The molecule has 21 heavy (non-hydrogen) atoms. The first-order valence-corrected chi connectivity index (χ1v) is 6.92. The fraction of sp³-hybridized carbons (Fsp3) is 0.167. The molecule has 0 fully saturated rings. The molecule has 7 nitrogen and oxygen atoms in total. The van der Waals surface area contributed by atoms with E-state index in [0.29, 0.717) is 4.47 Å². The molecule has 2 aromatic rings. The van der Waals surface area contributed by atoms with E-state index in [1.165, 1.54) is 22.9 Å². The molecular formula is C12H10BrClN4O3. The summed E-state index contributed by atoms with van der Waals surface area (Å²) < 4.78 is 2.08. The van der Waals surface area contributed by atoms with Crippen molar-refractivity contribution in [2.24, 2.45) is 7.05 Å². The van der Waals surface area contributed by atoms with Crippen LogP contribution in [0.25, 0.3) is 0 Å². The number of amides is 1. The SMILES string of the molecule is Cc1c(Br)c(C(=O)Nc2ccc(Cl)cc2[N+](=O)[O-])nn1C. The number of anilines is 1. The van der Waals surface area contributed by atoms with Gasteiger partial charge in [0.05, 0.1) is 15.1 Å². The Morgan fingerprint density at radius 2 is 2.19 bits per heavy atom. The largest absolute Gasteiger partial charge is 0.315 e. The number of nitro benzene ring substituents is 1. The quantitative estimate of drug-likeness (QED) is 0.660. The van der Waals surface area contributed by atoms with E-state index in [2.05, 4.69) is 26.3 Å². The van der Waals surface area contributed by atoms with Crippen molar-refractivity contribution in [3.8, 4) is 0 Å². The fourth-order valence-corrected chi connectivity index (χ4v) is 2.35. The van der Waals surface area contributed by atoms with Gasteiger partial charge < -0.3 is 5.32 Å². The number of hydrogen-bond donors (Lipinski definition) is 1. The summed E-state index contributed by atoms with van der Waals surface area (Å²) in [5.74, 6) is -0.545. The second-order valence-corrected chi connectivity index (χ2v) is 5.47. The van der Waals surface area contributed by atoms with Gasteiger partial charge >= 0.3 is 0 Å². The number of hydrogen-bond acceptors (Lipinski definition) is 4. The molecule has 9 heteroatoms. The molecule has 0 saturated heterocycles. The molecule has 110 valence electrons. The van der Waals surface area contributed by atoms with Crippen LogP contribution < -0.4 is 5.32 Å². The normalized spacial score (nSPS) is 10.5. The van der Waals surface area contributed by atoms with Gasteiger partial charge in [0.1, 0.15) is 5.69 Å². The van der Waals surface area contributed by atoms with Gasteiger partial charge in [-0.15, -0.1) is 0 Å². The van der Waals surface area contributed by atoms with Gasteiger partial charge in [-0.3, -0.25) is 19.6 Å². The van der Waals surface area contributed by atoms with Crippen LogP contribution in [0.3, 0.4) is 0 Å². The van der Waals surface area contributed by atoms with E-state index in [4.69, 9.17) is 11.6 Å². The Hall–Kier alpha value is -1.93. The molecule has 1 aromatic heterocycles. The number of benzene rings is 1. The fourth-order valence-electron chi connectivity index (χ4n) is 1.67. The molecule has 0 bridgehead atoms. The molecule has 0 radical (unpaired) electrons. The molecule has 1 amide bonds. The molecule has 1 N–H and O–H groups in total. The molecule has 1 aromatic carbocycles. The first kappa shape index (κ1) is 15.5. The average molecular weight is 374 g/mol. The van der Waals surface area contributed by atoms with Crippen LogP contribution in [-0.4, -0.2) is 20.6 Å². The van der Waals surface area contributed by atoms with E-state index in [9.17, 15) is 14.9 Å². The predicted molar refractivity (Wildman–Crippen MR) is 81.7 cm³/mol. The maximum absolute atomic E-state index is 12.2. The monoisotopic (exact) mass is 372 g/mol. The minimum Gasteiger partial charge on any atom is -0.315 e. The van der Waals surface area contributed by atoms with Crippen LogP contribution in [0.1, 0.15) is 16.2 Å². The zero-order valence-electron chi connectivity index (χ0n) is 11.1. The summed E-state index contributed by atoms with van der Waals surface area (Å²) in [7, 11) is 1.70. The van der Waals surface area contributed by atoms with Crippen LogP contribution in [0.4, 0.5) is 11.4 Å². The van der Waals surface area contributed by atoms with Crippen molar-refractivity contribution in [2.75, 3.05) is 5.32 Å². The van der Waals surface area contributed by atoms with E-state index in [1.54, 1.807) is 14.0 Å². The summed E-state index contributed by atoms with van der Waals surface area (Å²) >= 11 is 9.00. The van der Waals surface area contributed by atoms with Gasteiger partial charge in [0.2, 0.25) is 0 Å². The minimum absolute atomic E-state index is 0.0598.